The lowest BCUT2D eigenvalue weighted by atomic mass is 10.3. The van der Waals surface area contributed by atoms with Gasteiger partial charge in [-0.2, -0.15) is 0 Å². The van der Waals surface area contributed by atoms with Crippen LogP contribution in [0.1, 0.15) is 33.5 Å². The van der Waals surface area contributed by atoms with Crippen molar-refractivity contribution in [3.05, 3.63) is 11.9 Å². The van der Waals surface area contributed by atoms with Gasteiger partial charge in [-0.05, 0) is 26.9 Å². The highest BCUT2D eigenvalue weighted by atomic mass is 16.5. The van der Waals surface area contributed by atoms with E-state index in [0.29, 0.717) is 25.1 Å². The molecule has 1 atom stereocenters. The van der Waals surface area contributed by atoms with Crippen LogP contribution in [-0.2, 0) is 11.3 Å². The third kappa shape index (κ3) is 6.27. The molecule has 0 bridgehead atoms. The van der Waals surface area contributed by atoms with Crippen molar-refractivity contribution in [2.24, 2.45) is 0 Å². The highest BCUT2D eigenvalue weighted by Gasteiger charge is 2.10. The van der Waals surface area contributed by atoms with Gasteiger partial charge in [0.05, 0.1) is 0 Å². The first-order chi connectivity index (χ1) is 10.1. The number of hydrogen-bond acceptors (Lipinski definition) is 6. The Hall–Kier alpha value is -1.40. The molecule has 6 heteroatoms. The quantitative estimate of drug-likeness (QED) is 0.690. The molecule has 0 fully saturated rings. The second-order valence-corrected chi connectivity index (χ2v) is 4.97. The smallest absolute Gasteiger partial charge is 0.158 e. The molecule has 2 N–H and O–H groups in total. The summed E-state index contributed by atoms with van der Waals surface area (Å²) in [5.74, 6) is 2.34. The predicted molar refractivity (Wildman–Crippen MR) is 87.8 cm³/mol. The van der Waals surface area contributed by atoms with Gasteiger partial charge in [-0.15, -0.1) is 0 Å². The van der Waals surface area contributed by atoms with Crippen molar-refractivity contribution in [1.82, 2.24) is 14.9 Å². The van der Waals surface area contributed by atoms with Crippen LogP contribution in [-0.4, -0.2) is 54.2 Å². The van der Waals surface area contributed by atoms with E-state index < -0.39 is 0 Å². The maximum Gasteiger partial charge on any atom is 0.158 e. The largest absolute Gasteiger partial charge is 0.374 e. The topological polar surface area (TPSA) is 62.3 Å². The van der Waals surface area contributed by atoms with E-state index in [4.69, 9.17) is 4.74 Å². The second kappa shape index (κ2) is 9.52. The summed E-state index contributed by atoms with van der Waals surface area (Å²) in [7, 11) is 1.86. The molecule has 1 heterocycles. The lowest BCUT2D eigenvalue weighted by Gasteiger charge is -2.24. The summed E-state index contributed by atoms with van der Waals surface area (Å²) >= 11 is 0. The highest BCUT2D eigenvalue weighted by Crippen LogP contribution is 2.13. The van der Waals surface area contributed by atoms with E-state index in [1.54, 1.807) is 0 Å². The standard InChI is InChI=1S/C15H29N5O/c1-6-20(7-2)10-12(4)17-14-9-13(16-5)18-15(19-14)11-21-8-3/h9,12H,6-8,10-11H2,1-5H3,(H2,16,17,18,19). The van der Waals surface area contributed by atoms with Crippen LogP contribution in [0.4, 0.5) is 11.6 Å². The third-order valence-corrected chi connectivity index (χ3v) is 3.28. The molecular formula is C15H29N5O. The summed E-state index contributed by atoms with van der Waals surface area (Å²) in [5, 5.41) is 6.51. The minimum absolute atomic E-state index is 0.324. The zero-order valence-electron chi connectivity index (χ0n) is 13.9. The molecule has 6 nitrogen and oxygen atoms in total. The molecule has 0 amide bonds. The van der Waals surface area contributed by atoms with Crippen molar-refractivity contribution in [3.63, 3.8) is 0 Å². The Kier molecular flexibility index (Phi) is 8.00. The fraction of sp³-hybridized carbons (Fsp3) is 0.733. The first kappa shape index (κ1) is 17.7. The van der Waals surface area contributed by atoms with Gasteiger partial charge in [0.2, 0.25) is 0 Å². The van der Waals surface area contributed by atoms with Gasteiger partial charge in [-0.1, -0.05) is 13.8 Å². The van der Waals surface area contributed by atoms with Gasteiger partial charge < -0.3 is 20.3 Å². The van der Waals surface area contributed by atoms with Gasteiger partial charge in [0.25, 0.3) is 0 Å². The zero-order valence-corrected chi connectivity index (χ0v) is 13.9. The number of rotatable bonds is 10. The summed E-state index contributed by atoms with van der Waals surface area (Å²) in [5.41, 5.74) is 0. The molecule has 1 aromatic heterocycles. The number of anilines is 2. The molecular weight excluding hydrogens is 266 g/mol. The monoisotopic (exact) mass is 295 g/mol. The molecule has 1 aromatic rings. The molecule has 0 saturated carbocycles. The molecule has 0 aliphatic rings. The summed E-state index contributed by atoms with van der Waals surface area (Å²) < 4.78 is 5.39. The van der Waals surface area contributed by atoms with E-state index in [1.165, 1.54) is 0 Å². The number of aromatic nitrogens is 2. The van der Waals surface area contributed by atoms with E-state index in [1.807, 2.05) is 20.0 Å². The van der Waals surface area contributed by atoms with E-state index >= 15 is 0 Å². The van der Waals surface area contributed by atoms with Crippen LogP contribution in [0.3, 0.4) is 0 Å². The van der Waals surface area contributed by atoms with Crippen LogP contribution in [0.5, 0.6) is 0 Å². The lowest BCUT2D eigenvalue weighted by molar-refractivity contribution is 0.128. The van der Waals surface area contributed by atoms with Crippen LogP contribution >= 0.6 is 0 Å². The van der Waals surface area contributed by atoms with Gasteiger partial charge in [-0.25, -0.2) is 9.97 Å². The number of nitrogens with zero attached hydrogens (tertiary/aromatic N) is 3. The van der Waals surface area contributed by atoms with Crippen molar-refractivity contribution in [2.75, 3.05) is 43.9 Å². The van der Waals surface area contributed by atoms with Gasteiger partial charge in [0.1, 0.15) is 18.2 Å². The van der Waals surface area contributed by atoms with Gasteiger partial charge >= 0.3 is 0 Å². The van der Waals surface area contributed by atoms with E-state index in [2.05, 4.69) is 46.3 Å². The summed E-state index contributed by atoms with van der Waals surface area (Å²) in [6.07, 6.45) is 0. The Morgan fingerprint density at radius 3 is 2.43 bits per heavy atom. The average Bonchev–Trinajstić information content (AvgIpc) is 2.50. The Balaban J connectivity index is 2.71. The van der Waals surface area contributed by atoms with Crippen molar-refractivity contribution < 1.29 is 4.74 Å². The van der Waals surface area contributed by atoms with Crippen LogP contribution in [0, 0.1) is 0 Å². The highest BCUT2D eigenvalue weighted by molar-refractivity contribution is 5.47. The molecule has 0 aromatic carbocycles. The van der Waals surface area contributed by atoms with E-state index in [0.717, 1.165) is 31.3 Å². The SMILES string of the molecule is CCOCc1nc(NC)cc(NC(C)CN(CC)CC)n1. The summed E-state index contributed by atoms with van der Waals surface area (Å²) in [6, 6.07) is 2.25. The van der Waals surface area contributed by atoms with Crippen LogP contribution in [0.25, 0.3) is 0 Å². The second-order valence-electron chi connectivity index (χ2n) is 4.97. The number of hydrogen-bond donors (Lipinski definition) is 2. The summed E-state index contributed by atoms with van der Waals surface area (Å²) in [6.45, 7) is 12.7. The molecule has 0 aliphatic heterocycles. The maximum atomic E-state index is 5.39. The minimum Gasteiger partial charge on any atom is -0.374 e. The zero-order chi connectivity index (χ0) is 15.7. The number of likely N-dealkylation sites (N-methyl/N-ethyl adjacent to an activating group) is 1. The predicted octanol–water partition coefficient (Wildman–Crippen LogP) is 2.20. The number of nitrogens with one attached hydrogen (secondary N) is 2. The lowest BCUT2D eigenvalue weighted by Crippen LogP contribution is -2.35. The van der Waals surface area contributed by atoms with Crippen LogP contribution in [0.2, 0.25) is 0 Å². The Labute approximate surface area is 128 Å². The van der Waals surface area contributed by atoms with Crippen molar-refractivity contribution in [1.29, 1.82) is 0 Å². The fourth-order valence-electron chi connectivity index (χ4n) is 2.12. The van der Waals surface area contributed by atoms with Gasteiger partial charge in [0, 0.05) is 32.3 Å². The molecule has 0 aliphatic carbocycles. The van der Waals surface area contributed by atoms with E-state index in [-0.39, 0.29) is 0 Å². The van der Waals surface area contributed by atoms with Crippen LogP contribution < -0.4 is 10.6 Å². The summed E-state index contributed by atoms with van der Waals surface area (Å²) in [4.78, 5) is 11.3. The first-order valence-corrected chi connectivity index (χ1v) is 7.75. The Morgan fingerprint density at radius 2 is 1.86 bits per heavy atom. The Morgan fingerprint density at radius 1 is 1.19 bits per heavy atom. The Bertz CT molecular complexity index is 409. The third-order valence-electron chi connectivity index (χ3n) is 3.28. The first-order valence-electron chi connectivity index (χ1n) is 7.75. The molecule has 120 valence electrons. The molecule has 1 rings (SSSR count). The molecule has 0 spiro atoms. The molecule has 0 saturated heterocycles. The van der Waals surface area contributed by atoms with Crippen LogP contribution in [0.15, 0.2) is 6.07 Å². The van der Waals surface area contributed by atoms with Gasteiger partial charge in [-0.3, -0.25) is 0 Å². The van der Waals surface area contributed by atoms with Crippen molar-refractivity contribution >= 4 is 11.6 Å². The maximum absolute atomic E-state index is 5.39. The van der Waals surface area contributed by atoms with Crippen molar-refractivity contribution in [2.45, 2.75) is 40.3 Å². The average molecular weight is 295 g/mol. The minimum atomic E-state index is 0.324. The van der Waals surface area contributed by atoms with Crippen molar-refractivity contribution in [3.8, 4) is 0 Å². The fourth-order valence-corrected chi connectivity index (χ4v) is 2.12. The molecule has 21 heavy (non-hydrogen) atoms. The van der Waals surface area contributed by atoms with Gasteiger partial charge in [0.15, 0.2) is 5.82 Å². The normalized spacial score (nSPS) is 12.5. The number of ether oxygens (including phenoxy) is 1. The van der Waals surface area contributed by atoms with E-state index in [9.17, 15) is 0 Å². The molecule has 0 radical (unpaired) electrons. The molecule has 1 unspecified atom stereocenters.